The highest BCUT2D eigenvalue weighted by Crippen LogP contribution is 2.44. The molecule has 5 heteroatoms. The Balaban J connectivity index is 2.69. The van der Waals surface area contributed by atoms with Crippen LogP contribution in [0.2, 0.25) is 0 Å². The minimum atomic E-state index is -0.183. The highest BCUT2D eigenvalue weighted by Gasteiger charge is 2.16. The summed E-state index contributed by atoms with van der Waals surface area (Å²) in [7, 11) is 1.37. The number of rotatable bonds is 2. The lowest BCUT2D eigenvalue weighted by Crippen LogP contribution is -1.89. The van der Waals surface area contributed by atoms with Crippen LogP contribution in [0.4, 0.5) is 0 Å². The van der Waals surface area contributed by atoms with E-state index in [-0.39, 0.29) is 34.3 Å². The van der Waals surface area contributed by atoms with Crippen molar-refractivity contribution in [3.05, 3.63) is 29.8 Å². The molecule has 0 aromatic heterocycles. The predicted octanol–water partition coefficient (Wildman–Crippen LogP) is 2.49. The van der Waals surface area contributed by atoms with Crippen LogP contribution in [0.5, 0.6) is 28.7 Å². The summed E-state index contributed by atoms with van der Waals surface area (Å²) in [6, 6.07) is 5.18. The number of phenols is 4. The third-order valence-corrected chi connectivity index (χ3v) is 2.87. The van der Waals surface area contributed by atoms with E-state index in [0.29, 0.717) is 11.1 Å². The van der Waals surface area contributed by atoms with Gasteiger partial charge in [-0.1, -0.05) is 0 Å². The molecule has 0 saturated carbocycles. The zero-order valence-corrected chi connectivity index (χ0v) is 10.5. The van der Waals surface area contributed by atoms with E-state index in [1.807, 2.05) is 0 Å². The summed E-state index contributed by atoms with van der Waals surface area (Å²) >= 11 is 0. The molecule has 2 rings (SSSR count). The smallest absolute Gasteiger partial charge is 0.164 e. The topological polar surface area (TPSA) is 90.2 Å². The second-order valence-electron chi connectivity index (χ2n) is 4.20. The van der Waals surface area contributed by atoms with Gasteiger partial charge in [0.2, 0.25) is 0 Å². The second-order valence-corrected chi connectivity index (χ2v) is 4.20. The number of hydrogen-bond donors (Lipinski definition) is 4. The summed E-state index contributed by atoms with van der Waals surface area (Å²) in [6.07, 6.45) is 0. The standard InChI is InChI=1S/C14H14O5/c1-7-3-8(15)4-12(18)14(7)9-5-11(17)13(19-2)6-10(9)16/h3-6,15-18H,1-2H3. The van der Waals surface area contributed by atoms with Gasteiger partial charge < -0.3 is 25.2 Å². The van der Waals surface area contributed by atoms with Crippen LogP contribution in [0.15, 0.2) is 24.3 Å². The van der Waals surface area contributed by atoms with Gasteiger partial charge in [0.15, 0.2) is 11.5 Å². The molecule has 0 unspecified atom stereocenters. The Labute approximate surface area is 110 Å². The lowest BCUT2D eigenvalue weighted by molar-refractivity contribution is 0.369. The molecule has 0 amide bonds. The van der Waals surface area contributed by atoms with Crippen LogP contribution < -0.4 is 4.74 Å². The Morgan fingerprint density at radius 3 is 2.11 bits per heavy atom. The first-order valence-electron chi connectivity index (χ1n) is 5.57. The van der Waals surface area contributed by atoms with Crippen molar-refractivity contribution < 1.29 is 25.2 Å². The molecule has 2 aromatic carbocycles. The van der Waals surface area contributed by atoms with Crippen LogP contribution in [-0.4, -0.2) is 27.5 Å². The van der Waals surface area contributed by atoms with Gasteiger partial charge in [0.05, 0.1) is 7.11 Å². The average molecular weight is 262 g/mol. The first-order valence-corrected chi connectivity index (χ1v) is 5.57. The van der Waals surface area contributed by atoms with E-state index in [9.17, 15) is 20.4 Å². The van der Waals surface area contributed by atoms with Gasteiger partial charge in [-0.2, -0.15) is 0 Å². The first kappa shape index (κ1) is 12.9. The lowest BCUT2D eigenvalue weighted by atomic mass is 9.97. The average Bonchev–Trinajstić information content (AvgIpc) is 2.31. The fraction of sp³-hybridized carbons (Fsp3) is 0.143. The predicted molar refractivity (Wildman–Crippen MR) is 69.8 cm³/mol. The van der Waals surface area contributed by atoms with Crippen LogP contribution >= 0.6 is 0 Å². The van der Waals surface area contributed by atoms with Crippen LogP contribution in [-0.2, 0) is 0 Å². The maximum Gasteiger partial charge on any atom is 0.164 e. The van der Waals surface area contributed by atoms with E-state index in [1.165, 1.54) is 31.4 Å². The van der Waals surface area contributed by atoms with Gasteiger partial charge in [0.25, 0.3) is 0 Å². The quantitative estimate of drug-likeness (QED) is 0.624. The maximum atomic E-state index is 9.95. The maximum absolute atomic E-state index is 9.95. The minimum Gasteiger partial charge on any atom is -0.508 e. The fourth-order valence-corrected chi connectivity index (χ4v) is 2.02. The lowest BCUT2D eigenvalue weighted by Gasteiger charge is -2.13. The third kappa shape index (κ3) is 2.22. The summed E-state index contributed by atoms with van der Waals surface area (Å²) in [5.74, 6) is -0.411. The zero-order valence-electron chi connectivity index (χ0n) is 10.5. The van der Waals surface area contributed by atoms with Crippen molar-refractivity contribution in [2.24, 2.45) is 0 Å². The Morgan fingerprint density at radius 1 is 0.842 bits per heavy atom. The monoisotopic (exact) mass is 262 g/mol. The molecule has 100 valence electrons. The SMILES string of the molecule is COc1cc(O)c(-c2c(C)cc(O)cc2O)cc1O. The van der Waals surface area contributed by atoms with Crippen molar-refractivity contribution in [1.29, 1.82) is 0 Å². The number of aryl methyl sites for hydroxylation is 1. The molecule has 0 aliphatic rings. The molecule has 4 N–H and O–H groups in total. The molecule has 0 heterocycles. The number of phenolic OH excluding ortho intramolecular Hbond substituents is 4. The summed E-state index contributed by atoms with van der Waals surface area (Å²) < 4.78 is 4.88. The van der Waals surface area contributed by atoms with Gasteiger partial charge in [-0.25, -0.2) is 0 Å². The van der Waals surface area contributed by atoms with Crippen LogP contribution in [0.1, 0.15) is 5.56 Å². The van der Waals surface area contributed by atoms with Crippen molar-refractivity contribution in [3.8, 4) is 39.9 Å². The van der Waals surface area contributed by atoms with E-state index < -0.39 is 0 Å². The van der Waals surface area contributed by atoms with Crippen molar-refractivity contribution in [2.45, 2.75) is 6.92 Å². The summed E-state index contributed by atoms with van der Waals surface area (Å²) in [5.41, 5.74) is 1.17. The molecule has 5 nitrogen and oxygen atoms in total. The molecular weight excluding hydrogens is 248 g/mol. The molecule has 0 atom stereocenters. The van der Waals surface area contributed by atoms with Crippen molar-refractivity contribution >= 4 is 0 Å². The Morgan fingerprint density at radius 2 is 1.53 bits per heavy atom. The summed E-state index contributed by atoms with van der Waals surface area (Å²) in [6.45, 7) is 1.68. The molecule has 0 aliphatic carbocycles. The van der Waals surface area contributed by atoms with Gasteiger partial charge in [-0.05, 0) is 24.6 Å². The van der Waals surface area contributed by atoms with E-state index in [0.717, 1.165) is 0 Å². The van der Waals surface area contributed by atoms with Gasteiger partial charge in [0.1, 0.15) is 17.2 Å². The number of aromatic hydroxyl groups is 4. The summed E-state index contributed by atoms with van der Waals surface area (Å²) in [4.78, 5) is 0. The van der Waals surface area contributed by atoms with Gasteiger partial charge in [-0.3, -0.25) is 0 Å². The van der Waals surface area contributed by atoms with Crippen LogP contribution in [0.25, 0.3) is 11.1 Å². The van der Waals surface area contributed by atoms with Gasteiger partial charge in [-0.15, -0.1) is 0 Å². The molecule has 19 heavy (non-hydrogen) atoms. The largest absolute Gasteiger partial charge is 0.508 e. The van der Waals surface area contributed by atoms with Gasteiger partial charge in [0, 0.05) is 23.3 Å². The molecule has 0 saturated heterocycles. The van der Waals surface area contributed by atoms with E-state index in [2.05, 4.69) is 0 Å². The molecule has 0 bridgehead atoms. The van der Waals surface area contributed by atoms with Crippen molar-refractivity contribution in [2.75, 3.05) is 7.11 Å². The fourth-order valence-electron chi connectivity index (χ4n) is 2.02. The van der Waals surface area contributed by atoms with E-state index in [1.54, 1.807) is 6.92 Å². The van der Waals surface area contributed by atoms with Crippen LogP contribution in [0.3, 0.4) is 0 Å². The molecule has 0 spiro atoms. The highest BCUT2D eigenvalue weighted by molar-refractivity contribution is 5.81. The normalized spacial score (nSPS) is 10.4. The van der Waals surface area contributed by atoms with E-state index >= 15 is 0 Å². The highest BCUT2D eigenvalue weighted by atomic mass is 16.5. The Kier molecular flexibility index (Phi) is 3.12. The number of hydrogen-bond acceptors (Lipinski definition) is 5. The number of benzene rings is 2. The second kappa shape index (κ2) is 4.61. The number of methoxy groups -OCH3 is 1. The first-order chi connectivity index (χ1) is 8.93. The molecular formula is C14H14O5. The molecule has 0 aliphatic heterocycles. The number of ether oxygens (including phenoxy) is 1. The minimum absolute atomic E-state index is 0.0732. The molecule has 0 radical (unpaired) electrons. The zero-order chi connectivity index (χ0) is 14.2. The van der Waals surface area contributed by atoms with Crippen molar-refractivity contribution in [3.63, 3.8) is 0 Å². The van der Waals surface area contributed by atoms with Crippen LogP contribution in [0, 0.1) is 6.92 Å². The Hall–Kier alpha value is -2.56. The third-order valence-electron chi connectivity index (χ3n) is 2.87. The summed E-state index contributed by atoms with van der Waals surface area (Å²) in [5, 5.41) is 39.0. The van der Waals surface area contributed by atoms with Gasteiger partial charge >= 0.3 is 0 Å². The molecule has 2 aromatic rings. The van der Waals surface area contributed by atoms with E-state index in [4.69, 9.17) is 4.74 Å². The Bertz CT molecular complexity index is 611. The molecule has 0 fully saturated rings. The van der Waals surface area contributed by atoms with Crippen molar-refractivity contribution in [1.82, 2.24) is 0 Å².